The number of anilines is 1. The van der Waals surface area contributed by atoms with Crippen molar-refractivity contribution in [3.63, 3.8) is 0 Å². The summed E-state index contributed by atoms with van der Waals surface area (Å²) in [5.41, 5.74) is 0.748. The molecule has 2 aliphatic rings. The second kappa shape index (κ2) is 7.93. The number of hydrogen-bond acceptors (Lipinski definition) is 4. The van der Waals surface area contributed by atoms with Crippen LogP contribution in [0.15, 0.2) is 53.7 Å². The van der Waals surface area contributed by atoms with Crippen LogP contribution in [0.2, 0.25) is 0 Å². The average molecular weight is 459 g/mol. The zero-order valence-electron chi connectivity index (χ0n) is 18.5. The zero-order valence-corrected chi connectivity index (χ0v) is 18.5. The molecule has 0 saturated carbocycles. The number of carbonyl (C=O) groups is 2. The number of benzene rings is 2. The molecule has 1 aliphatic heterocycles. The summed E-state index contributed by atoms with van der Waals surface area (Å²) in [6.45, 7) is 3.86. The maximum absolute atomic E-state index is 13.3. The Bertz CT molecular complexity index is 1150. The first-order valence-electron chi connectivity index (χ1n) is 10.5. The fraction of sp³-hybridized carbons (Fsp3) is 0.360. The van der Waals surface area contributed by atoms with E-state index in [1.54, 1.807) is 12.1 Å². The second-order valence-electron chi connectivity index (χ2n) is 9.26. The maximum Gasteiger partial charge on any atom is 0.416 e. The fourth-order valence-corrected chi connectivity index (χ4v) is 4.71. The number of methoxy groups -OCH3 is 1. The Balaban J connectivity index is 1.85. The molecule has 0 saturated heterocycles. The van der Waals surface area contributed by atoms with Gasteiger partial charge in [0.05, 0.1) is 12.7 Å². The highest BCUT2D eigenvalue weighted by Gasteiger charge is 2.44. The average Bonchev–Trinajstić information content (AvgIpc) is 2.72. The molecule has 1 N–H and O–H groups in total. The summed E-state index contributed by atoms with van der Waals surface area (Å²) >= 11 is 0. The van der Waals surface area contributed by atoms with Gasteiger partial charge >= 0.3 is 6.18 Å². The van der Waals surface area contributed by atoms with Gasteiger partial charge in [0.1, 0.15) is 0 Å². The lowest BCUT2D eigenvalue weighted by Crippen LogP contribution is -2.43. The monoisotopic (exact) mass is 459 g/mol. The van der Waals surface area contributed by atoms with Crippen molar-refractivity contribution in [1.29, 1.82) is 0 Å². The molecule has 33 heavy (non-hydrogen) atoms. The smallest absolute Gasteiger partial charge is 0.416 e. The number of Topliss-reactive ketones (excluding diaryl/α,β-unsaturated/α-hetero) is 1. The minimum atomic E-state index is -4.49. The summed E-state index contributed by atoms with van der Waals surface area (Å²) < 4.78 is 44.3. The highest BCUT2D eigenvalue weighted by molar-refractivity contribution is 6.07. The Morgan fingerprint density at radius 2 is 1.73 bits per heavy atom. The van der Waals surface area contributed by atoms with E-state index >= 15 is 0 Å². The molecular formula is C25H24F3NO4. The molecule has 1 heterocycles. The fourth-order valence-electron chi connectivity index (χ4n) is 4.71. The summed E-state index contributed by atoms with van der Waals surface area (Å²) in [6, 6.07) is 9.13. The number of alkyl halides is 3. The maximum atomic E-state index is 13.3. The number of ether oxygens (including phenoxy) is 1. The van der Waals surface area contributed by atoms with Crippen LogP contribution in [0.25, 0.3) is 0 Å². The number of hydrogen-bond donors (Lipinski definition) is 1. The summed E-state index contributed by atoms with van der Waals surface area (Å²) in [7, 11) is 1.41. The van der Waals surface area contributed by atoms with Gasteiger partial charge in [-0.05, 0) is 53.8 Å². The highest BCUT2D eigenvalue weighted by Crippen LogP contribution is 2.49. The molecule has 5 nitrogen and oxygen atoms in total. The van der Waals surface area contributed by atoms with Crippen molar-refractivity contribution in [2.24, 2.45) is 5.41 Å². The third-order valence-corrected chi connectivity index (χ3v) is 6.20. The molecule has 8 heteroatoms. The number of aromatic hydroxyl groups is 1. The Labute approximate surface area is 189 Å². The molecule has 1 aliphatic carbocycles. The van der Waals surface area contributed by atoms with Crippen LogP contribution in [0.3, 0.4) is 0 Å². The van der Waals surface area contributed by atoms with Gasteiger partial charge < -0.3 is 9.84 Å². The zero-order chi connectivity index (χ0) is 24.1. The SMILES string of the molecule is COc1cc(C2CC(=O)N(c3ccc(C(F)(F)F)cc3)C3=C2C(=O)CC(C)(C)C3)ccc1O. The molecule has 0 spiro atoms. The number of ketones is 1. The number of phenolic OH excluding ortho intramolecular Hbond substituents is 1. The lowest BCUT2D eigenvalue weighted by atomic mass is 9.69. The molecule has 0 bridgehead atoms. The van der Waals surface area contributed by atoms with E-state index in [0.717, 1.165) is 12.1 Å². The highest BCUT2D eigenvalue weighted by atomic mass is 19.4. The Kier molecular flexibility index (Phi) is 5.50. The minimum Gasteiger partial charge on any atom is -0.504 e. The standard InChI is InChI=1S/C25H24F3NO4/c1-24(2)12-18-23(20(31)13-24)17(14-4-9-19(30)21(10-14)33-3)11-22(32)29(18)16-7-5-15(6-8-16)25(26,27)28/h4-10,17,30H,11-13H2,1-3H3. The molecule has 2 aromatic rings. The first-order chi connectivity index (χ1) is 15.4. The normalized spacial score (nSPS) is 20.7. The number of amides is 1. The number of phenols is 1. The van der Waals surface area contributed by atoms with Crippen LogP contribution in [0.4, 0.5) is 18.9 Å². The van der Waals surface area contributed by atoms with E-state index in [2.05, 4.69) is 0 Å². The molecule has 1 amide bonds. The van der Waals surface area contributed by atoms with Crippen LogP contribution in [-0.4, -0.2) is 23.9 Å². The van der Waals surface area contributed by atoms with Gasteiger partial charge in [-0.25, -0.2) is 0 Å². The Morgan fingerprint density at radius 3 is 2.33 bits per heavy atom. The van der Waals surface area contributed by atoms with Gasteiger partial charge in [0.25, 0.3) is 0 Å². The van der Waals surface area contributed by atoms with E-state index in [9.17, 15) is 27.9 Å². The van der Waals surface area contributed by atoms with Crippen molar-refractivity contribution in [2.45, 2.75) is 45.2 Å². The lowest BCUT2D eigenvalue weighted by molar-refractivity contribution is -0.137. The lowest BCUT2D eigenvalue weighted by Gasteiger charge is -2.43. The van der Waals surface area contributed by atoms with E-state index in [1.165, 1.54) is 30.2 Å². The molecule has 1 atom stereocenters. The van der Waals surface area contributed by atoms with Crippen LogP contribution >= 0.6 is 0 Å². The molecule has 4 rings (SSSR count). The number of carbonyl (C=O) groups excluding carboxylic acids is 2. The van der Waals surface area contributed by atoms with Crippen molar-refractivity contribution in [3.8, 4) is 11.5 Å². The van der Waals surface area contributed by atoms with Crippen molar-refractivity contribution >= 4 is 17.4 Å². The summed E-state index contributed by atoms with van der Waals surface area (Å²) in [4.78, 5) is 28.0. The number of allylic oxidation sites excluding steroid dienone is 2. The summed E-state index contributed by atoms with van der Waals surface area (Å²) in [6.07, 6.45) is -3.79. The number of rotatable bonds is 3. The largest absolute Gasteiger partial charge is 0.504 e. The van der Waals surface area contributed by atoms with Gasteiger partial charge in [-0.1, -0.05) is 19.9 Å². The van der Waals surface area contributed by atoms with Gasteiger partial charge in [-0.2, -0.15) is 13.2 Å². The van der Waals surface area contributed by atoms with Crippen LogP contribution < -0.4 is 9.64 Å². The predicted octanol–water partition coefficient (Wildman–Crippen LogP) is 5.58. The topological polar surface area (TPSA) is 66.8 Å². The van der Waals surface area contributed by atoms with E-state index < -0.39 is 23.1 Å². The predicted molar refractivity (Wildman–Crippen MR) is 116 cm³/mol. The van der Waals surface area contributed by atoms with Crippen LogP contribution in [0, 0.1) is 5.41 Å². The van der Waals surface area contributed by atoms with Crippen LogP contribution in [-0.2, 0) is 15.8 Å². The Hall–Kier alpha value is -3.29. The molecular weight excluding hydrogens is 435 g/mol. The minimum absolute atomic E-state index is 0.0278. The third kappa shape index (κ3) is 4.21. The van der Waals surface area contributed by atoms with E-state index in [0.29, 0.717) is 35.4 Å². The van der Waals surface area contributed by atoms with Crippen LogP contribution in [0.5, 0.6) is 11.5 Å². The first kappa shape index (κ1) is 22.9. The number of halogens is 3. The molecule has 0 radical (unpaired) electrons. The first-order valence-corrected chi connectivity index (χ1v) is 10.5. The quantitative estimate of drug-likeness (QED) is 0.651. The van der Waals surface area contributed by atoms with Gasteiger partial charge in [0.2, 0.25) is 5.91 Å². The Morgan fingerprint density at radius 1 is 1.06 bits per heavy atom. The molecule has 0 aromatic heterocycles. The molecule has 1 unspecified atom stereocenters. The van der Waals surface area contributed by atoms with E-state index in [4.69, 9.17) is 4.74 Å². The third-order valence-electron chi connectivity index (χ3n) is 6.20. The summed E-state index contributed by atoms with van der Waals surface area (Å²) in [5.74, 6) is -0.758. The van der Waals surface area contributed by atoms with Gasteiger partial charge in [-0.15, -0.1) is 0 Å². The van der Waals surface area contributed by atoms with Crippen molar-refractivity contribution in [1.82, 2.24) is 0 Å². The van der Waals surface area contributed by atoms with Crippen LogP contribution in [0.1, 0.15) is 50.2 Å². The molecule has 174 valence electrons. The van der Waals surface area contributed by atoms with E-state index in [1.807, 2.05) is 13.8 Å². The second-order valence-corrected chi connectivity index (χ2v) is 9.26. The van der Waals surface area contributed by atoms with Crippen molar-refractivity contribution < 1.29 is 32.6 Å². The van der Waals surface area contributed by atoms with E-state index in [-0.39, 0.29) is 29.6 Å². The van der Waals surface area contributed by atoms with Crippen molar-refractivity contribution in [2.75, 3.05) is 12.0 Å². The molecule has 2 aromatic carbocycles. The van der Waals surface area contributed by atoms with Gasteiger partial charge in [0.15, 0.2) is 17.3 Å². The van der Waals surface area contributed by atoms with Crippen molar-refractivity contribution in [3.05, 3.63) is 64.9 Å². The molecule has 0 fully saturated rings. The summed E-state index contributed by atoms with van der Waals surface area (Å²) in [5, 5.41) is 9.95. The van der Waals surface area contributed by atoms with Gasteiger partial charge in [-0.3, -0.25) is 14.5 Å². The van der Waals surface area contributed by atoms with Gasteiger partial charge in [0, 0.05) is 35.7 Å². The number of nitrogens with zero attached hydrogens (tertiary/aromatic N) is 1.